The van der Waals surface area contributed by atoms with Gasteiger partial charge in [-0.15, -0.1) is 0 Å². The summed E-state index contributed by atoms with van der Waals surface area (Å²) in [5.74, 6) is -0.237. The summed E-state index contributed by atoms with van der Waals surface area (Å²) in [7, 11) is 0. The Hall–Kier alpha value is -3.67. The van der Waals surface area contributed by atoms with Gasteiger partial charge in [0.1, 0.15) is 0 Å². The molecule has 1 aliphatic heterocycles. The number of hydrogen-bond donors (Lipinski definition) is 1. The minimum Gasteiger partial charge on any atom is -0.295 e. The number of rotatable bonds is 3. The van der Waals surface area contributed by atoms with Crippen LogP contribution in [0.1, 0.15) is 29.3 Å². The molecule has 6 nitrogen and oxygen atoms in total. The Morgan fingerprint density at radius 3 is 2.07 bits per heavy atom. The molecule has 4 rings (SSSR count). The summed E-state index contributed by atoms with van der Waals surface area (Å²) in [5, 5.41) is 8.95. The predicted octanol–water partition coefficient (Wildman–Crippen LogP) is 3.90. The zero-order chi connectivity index (χ0) is 20.7. The normalized spacial score (nSPS) is 15.3. The first-order valence-corrected chi connectivity index (χ1v) is 9.43. The number of carbonyl (C=O) groups excluding carboxylic acids is 1. The number of aromatic amines is 1. The number of anilines is 1. The second kappa shape index (κ2) is 7.05. The molecule has 1 aromatic heterocycles. The van der Waals surface area contributed by atoms with Crippen molar-refractivity contribution < 1.29 is 4.79 Å². The van der Waals surface area contributed by atoms with Crippen molar-refractivity contribution in [2.24, 2.45) is 5.10 Å². The molecule has 0 spiro atoms. The third-order valence-corrected chi connectivity index (χ3v) is 5.17. The van der Waals surface area contributed by atoms with E-state index >= 15 is 0 Å². The molecule has 0 bridgehead atoms. The average Bonchev–Trinajstić information content (AvgIpc) is 3.13. The summed E-state index contributed by atoms with van der Waals surface area (Å²) >= 11 is 0. The fraction of sp³-hybridized carbons (Fsp3) is 0.174. The Balaban J connectivity index is 1.77. The Morgan fingerprint density at radius 1 is 0.862 bits per heavy atom. The summed E-state index contributed by atoms with van der Waals surface area (Å²) < 4.78 is 1.52. The third kappa shape index (κ3) is 3.12. The van der Waals surface area contributed by atoms with Gasteiger partial charge in [-0.1, -0.05) is 36.4 Å². The monoisotopic (exact) mass is 386 g/mol. The van der Waals surface area contributed by atoms with Crippen LogP contribution < -0.4 is 10.6 Å². The number of aryl methyl sites for hydroxylation is 3. The standard InChI is InChI=1S/C23H22N4O2/c1-14-9-5-7-11-20(14)26-22(28)18(16(3)24-26)13-19-17(4)25-27(23(19)29)21-12-8-6-10-15(21)2/h5-13,24H,1-4H3/b19-13+. The first-order chi connectivity index (χ1) is 13.9. The van der Waals surface area contributed by atoms with Crippen molar-refractivity contribution >= 4 is 23.4 Å². The van der Waals surface area contributed by atoms with Gasteiger partial charge in [0.05, 0.1) is 28.2 Å². The van der Waals surface area contributed by atoms with Crippen LogP contribution in [0.2, 0.25) is 0 Å². The summed E-state index contributed by atoms with van der Waals surface area (Å²) in [4.78, 5) is 26.1. The molecule has 0 unspecified atom stereocenters. The molecule has 0 saturated carbocycles. The van der Waals surface area contributed by atoms with Crippen LogP contribution in [0.15, 0.2) is 64.0 Å². The van der Waals surface area contributed by atoms with E-state index in [1.807, 2.05) is 69.3 Å². The zero-order valence-corrected chi connectivity index (χ0v) is 16.9. The van der Waals surface area contributed by atoms with E-state index in [0.29, 0.717) is 22.5 Å². The van der Waals surface area contributed by atoms with E-state index < -0.39 is 0 Å². The topological polar surface area (TPSA) is 70.5 Å². The molecule has 0 saturated heterocycles. The van der Waals surface area contributed by atoms with Crippen molar-refractivity contribution in [3.05, 3.63) is 86.8 Å². The van der Waals surface area contributed by atoms with Gasteiger partial charge in [0.25, 0.3) is 11.5 Å². The average molecular weight is 386 g/mol. The maximum Gasteiger partial charge on any atom is 0.280 e. The van der Waals surface area contributed by atoms with E-state index in [2.05, 4.69) is 10.2 Å². The number of benzene rings is 2. The lowest BCUT2D eigenvalue weighted by Gasteiger charge is -2.14. The van der Waals surface area contributed by atoms with Crippen LogP contribution in [-0.2, 0) is 4.79 Å². The Labute approximate surface area is 168 Å². The summed E-state index contributed by atoms with van der Waals surface area (Å²) in [6, 6.07) is 15.2. The number of hydrazone groups is 1. The number of aromatic nitrogens is 2. The molecular formula is C23H22N4O2. The SMILES string of the molecule is CC1=NN(c2ccccc2C)C(=O)/C1=C/c1c(C)[nH]n(-c2ccccc2C)c1=O. The van der Waals surface area contributed by atoms with E-state index in [1.54, 1.807) is 13.0 Å². The van der Waals surface area contributed by atoms with Gasteiger partial charge in [0.15, 0.2) is 0 Å². The Kier molecular flexibility index (Phi) is 4.54. The molecule has 0 radical (unpaired) electrons. The number of nitrogens with zero attached hydrogens (tertiary/aromatic N) is 3. The van der Waals surface area contributed by atoms with Crippen molar-refractivity contribution in [1.82, 2.24) is 9.78 Å². The quantitative estimate of drug-likeness (QED) is 0.694. The van der Waals surface area contributed by atoms with E-state index in [-0.39, 0.29) is 11.5 Å². The van der Waals surface area contributed by atoms with Crippen LogP contribution in [0.3, 0.4) is 0 Å². The molecule has 1 amide bonds. The summed E-state index contributed by atoms with van der Waals surface area (Å²) in [6.07, 6.45) is 1.64. The molecule has 6 heteroatoms. The van der Waals surface area contributed by atoms with Crippen molar-refractivity contribution in [3.8, 4) is 5.69 Å². The van der Waals surface area contributed by atoms with Crippen LogP contribution in [0.5, 0.6) is 0 Å². The number of nitrogens with one attached hydrogen (secondary N) is 1. The van der Waals surface area contributed by atoms with Gasteiger partial charge >= 0.3 is 0 Å². The molecule has 29 heavy (non-hydrogen) atoms. The Morgan fingerprint density at radius 2 is 1.45 bits per heavy atom. The van der Waals surface area contributed by atoms with Crippen LogP contribution in [0.25, 0.3) is 11.8 Å². The minimum absolute atomic E-state index is 0.195. The fourth-order valence-electron chi connectivity index (χ4n) is 3.51. The van der Waals surface area contributed by atoms with Crippen molar-refractivity contribution in [2.75, 3.05) is 5.01 Å². The van der Waals surface area contributed by atoms with Crippen LogP contribution in [-0.4, -0.2) is 21.4 Å². The lowest BCUT2D eigenvalue weighted by Crippen LogP contribution is -2.22. The number of carbonyl (C=O) groups is 1. The second-order valence-corrected chi connectivity index (χ2v) is 7.22. The number of amides is 1. The van der Waals surface area contributed by atoms with Crippen LogP contribution in [0, 0.1) is 20.8 Å². The smallest absolute Gasteiger partial charge is 0.280 e. The third-order valence-electron chi connectivity index (χ3n) is 5.17. The van der Waals surface area contributed by atoms with Gasteiger partial charge < -0.3 is 0 Å². The highest BCUT2D eigenvalue weighted by Crippen LogP contribution is 2.27. The highest BCUT2D eigenvalue weighted by molar-refractivity contribution is 6.32. The van der Waals surface area contributed by atoms with Crippen molar-refractivity contribution in [2.45, 2.75) is 27.7 Å². The van der Waals surface area contributed by atoms with E-state index in [9.17, 15) is 9.59 Å². The molecule has 3 aromatic rings. The first-order valence-electron chi connectivity index (χ1n) is 9.43. The number of para-hydroxylation sites is 2. The first kappa shape index (κ1) is 18.7. The minimum atomic E-state index is -0.237. The maximum atomic E-state index is 13.1. The number of H-pyrrole nitrogens is 1. The molecule has 2 aromatic carbocycles. The molecular weight excluding hydrogens is 364 g/mol. The van der Waals surface area contributed by atoms with E-state index in [0.717, 1.165) is 22.5 Å². The molecule has 0 fully saturated rings. The summed E-state index contributed by atoms with van der Waals surface area (Å²) in [5.41, 5.74) is 5.43. The van der Waals surface area contributed by atoms with Gasteiger partial charge in [-0.25, -0.2) is 4.68 Å². The second-order valence-electron chi connectivity index (χ2n) is 7.22. The van der Waals surface area contributed by atoms with Gasteiger partial charge in [-0.2, -0.15) is 10.1 Å². The van der Waals surface area contributed by atoms with Gasteiger partial charge in [-0.3, -0.25) is 14.7 Å². The van der Waals surface area contributed by atoms with Crippen molar-refractivity contribution in [3.63, 3.8) is 0 Å². The highest BCUT2D eigenvalue weighted by atomic mass is 16.2. The van der Waals surface area contributed by atoms with Gasteiger partial charge in [0.2, 0.25) is 0 Å². The van der Waals surface area contributed by atoms with Crippen LogP contribution >= 0.6 is 0 Å². The molecule has 2 heterocycles. The highest BCUT2D eigenvalue weighted by Gasteiger charge is 2.30. The lowest BCUT2D eigenvalue weighted by atomic mass is 10.1. The molecule has 0 aliphatic carbocycles. The van der Waals surface area contributed by atoms with Crippen LogP contribution in [0.4, 0.5) is 5.69 Å². The molecule has 1 aliphatic rings. The molecule has 0 atom stereocenters. The maximum absolute atomic E-state index is 13.1. The van der Waals surface area contributed by atoms with E-state index in [4.69, 9.17) is 0 Å². The molecule has 1 N–H and O–H groups in total. The predicted molar refractivity (Wildman–Crippen MR) is 116 cm³/mol. The fourth-order valence-corrected chi connectivity index (χ4v) is 3.51. The lowest BCUT2D eigenvalue weighted by molar-refractivity contribution is -0.114. The van der Waals surface area contributed by atoms with Crippen molar-refractivity contribution in [1.29, 1.82) is 0 Å². The molecule has 146 valence electrons. The van der Waals surface area contributed by atoms with E-state index in [1.165, 1.54) is 9.69 Å². The zero-order valence-electron chi connectivity index (χ0n) is 16.9. The summed E-state index contributed by atoms with van der Waals surface area (Å²) in [6.45, 7) is 7.50. The van der Waals surface area contributed by atoms with Gasteiger partial charge in [0, 0.05) is 5.69 Å². The Bertz CT molecular complexity index is 1240. The van der Waals surface area contributed by atoms with Gasteiger partial charge in [-0.05, 0) is 57.0 Å². The largest absolute Gasteiger partial charge is 0.295 e. The number of hydrogen-bond acceptors (Lipinski definition) is 3.